The van der Waals surface area contributed by atoms with Gasteiger partial charge in [0.1, 0.15) is 30.1 Å². The molecule has 2 aromatic heterocycles. The van der Waals surface area contributed by atoms with Crippen LogP contribution in [0.2, 0.25) is 0 Å². The van der Waals surface area contributed by atoms with E-state index in [4.69, 9.17) is 10.5 Å². The molecule has 8 heteroatoms. The van der Waals surface area contributed by atoms with Crippen molar-refractivity contribution in [3.63, 3.8) is 0 Å². The lowest BCUT2D eigenvalue weighted by atomic mass is 9.80. The lowest BCUT2D eigenvalue weighted by molar-refractivity contribution is 0.193. The minimum Gasteiger partial charge on any atom is -0.489 e. The van der Waals surface area contributed by atoms with Crippen molar-refractivity contribution >= 4 is 22.9 Å². The number of amides is 2. The lowest BCUT2D eigenvalue weighted by Gasteiger charge is -2.36. The smallest absolute Gasteiger partial charge is 0.314 e. The predicted octanol–water partition coefficient (Wildman–Crippen LogP) is 4.53. The predicted molar refractivity (Wildman–Crippen MR) is 137 cm³/mol. The zero-order valence-electron chi connectivity index (χ0n) is 19.8. The maximum Gasteiger partial charge on any atom is 0.314 e. The molecule has 35 heavy (non-hydrogen) atoms. The Kier molecular flexibility index (Phi) is 6.52. The highest BCUT2D eigenvalue weighted by molar-refractivity contribution is 6.00. The van der Waals surface area contributed by atoms with Gasteiger partial charge in [0.25, 0.3) is 0 Å². The Labute approximate surface area is 204 Å². The third-order valence-corrected chi connectivity index (χ3v) is 6.52. The number of carbonyl (C=O) groups is 1. The van der Waals surface area contributed by atoms with E-state index in [0.717, 1.165) is 46.3 Å². The third-order valence-electron chi connectivity index (χ3n) is 6.52. The van der Waals surface area contributed by atoms with Gasteiger partial charge in [0, 0.05) is 30.9 Å². The summed E-state index contributed by atoms with van der Waals surface area (Å²) < 4.78 is 8.26. The number of aromatic nitrogens is 3. The summed E-state index contributed by atoms with van der Waals surface area (Å²) in [5, 5.41) is 6.57. The van der Waals surface area contributed by atoms with E-state index >= 15 is 0 Å². The second-order valence-corrected chi connectivity index (χ2v) is 8.94. The van der Waals surface area contributed by atoms with E-state index in [0.29, 0.717) is 37.5 Å². The second kappa shape index (κ2) is 10.0. The van der Waals surface area contributed by atoms with Crippen LogP contribution in [-0.4, -0.2) is 33.7 Å². The maximum absolute atomic E-state index is 11.7. The molecule has 4 N–H and O–H groups in total. The summed E-state index contributed by atoms with van der Waals surface area (Å²) in [5.74, 6) is 1.70. The summed E-state index contributed by atoms with van der Waals surface area (Å²) in [6, 6.07) is 18.3. The first kappa shape index (κ1) is 22.7. The van der Waals surface area contributed by atoms with Crippen LogP contribution in [0.5, 0.6) is 5.75 Å². The summed E-state index contributed by atoms with van der Waals surface area (Å²) in [5.41, 5.74) is 10.3. The minimum absolute atomic E-state index is 0.112. The maximum atomic E-state index is 11.7. The van der Waals surface area contributed by atoms with Crippen LogP contribution in [0.1, 0.15) is 31.4 Å². The van der Waals surface area contributed by atoms with Crippen LogP contribution in [0.4, 0.5) is 10.6 Å². The van der Waals surface area contributed by atoms with Crippen molar-refractivity contribution in [3.05, 3.63) is 72.7 Å². The van der Waals surface area contributed by atoms with Gasteiger partial charge in [-0.25, -0.2) is 14.8 Å². The van der Waals surface area contributed by atoms with Gasteiger partial charge < -0.3 is 25.7 Å². The number of rotatable bonds is 8. The van der Waals surface area contributed by atoms with Crippen LogP contribution in [0, 0.1) is 5.92 Å². The standard InChI is InChI=1S/C27H30N6O2/c1-2-29-27(34)30-14-19-11-21(12-19)33-15-23(24-25(28)31-17-32-26(24)33)20-9-6-10-22(13-20)35-16-18-7-4-3-5-8-18/h3-10,13,15,17,19,21H,2,11-12,14,16H2,1H3,(H2,28,31,32)(H2,29,30,34)/t19-,21+. The molecule has 0 bridgehead atoms. The molecule has 2 aromatic carbocycles. The van der Waals surface area contributed by atoms with Crippen molar-refractivity contribution in [1.29, 1.82) is 0 Å². The van der Waals surface area contributed by atoms with Crippen molar-refractivity contribution in [2.45, 2.75) is 32.4 Å². The number of benzene rings is 2. The number of nitrogen functional groups attached to an aromatic ring is 1. The molecule has 0 radical (unpaired) electrons. The number of hydrogen-bond donors (Lipinski definition) is 3. The van der Waals surface area contributed by atoms with Crippen LogP contribution in [0.25, 0.3) is 22.2 Å². The van der Waals surface area contributed by atoms with Gasteiger partial charge in [-0.2, -0.15) is 0 Å². The van der Waals surface area contributed by atoms with Crippen LogP contribution in [0.15, 0.2) is 67.1 Å². The largest absolute Gasteiger partial charge is 0.489 e. The number of urea groups is 1. The lowest BCUT2D eigenvalue weighted by Crippen LogP contribution is -2.41. The van der Waals surface area contributed by atoms with Gasteiger partial charge in [-0.1, -0.05) is 42.5 Å². The number of hydrogen-bond acceptors (Lipinski definition) is 5. The number of fused-ring (bicyclic) bond motifs is 1. The van der Waals surface area contributed by atoms with Crippen molar-refractivity contribution in [2.75, 3.05) is 18.8 Å². The van der Waals surface area contributed by atoms with Crippen LogP contribution in [-0.2, 0) is 6.61 Å². The Morgan fingerprint density at radius 1 is 1.11 bits per heavy atom. The molecule has 5 rings (SSSR count). The fourth-order valence-corrected chi connectivity index (χ4v) is 4.65. The van der Waals surface area contributed by atoms with Gasteiger partial charge in [0.2, 0.25) is 0 Å². The van der Waals surface area contributed by atoms with Gasteiger partial charge in [-0.3, -0.25) is 0 Å². The highest BCUT2D eigenvalue weighted by Gasteiger charge is 2.32. The van der Waals surface area contributed by atoms with E-state index in [2.05, 4.69) is 37.4 Å². The fourth-order valence-electron chi connectivity index (χ4n) is 4.65. The first-order chi connectivity index (χ1) is 17.1. The summed E-state index contributed by atoms with van der Waals surface area (Å²) in [7, 11) is 0. The van der Waals surface area contributed by atoms with Crippen LogP contribution >= 0.6 is 0 Å². The Hall–Kier alpha value is -4.07. The van der Waals surface area contributed by atoms with Gasteiger partial charge in [0.15, 0.2) is 0 Å². The van der Waals surface area contributed by atoms with Gasteiger partial charge in [0.05, 0.1) is 5.39 Å². The Morgan fingerprint density at radius 2 is 1.94 bits per heavy atom. The average molecular weight is 471 g/mol. The SMILES string of the molecule is CCNC(=O)NC[C@H]1C[C@@H](n2cc(-c3cccc(OCc4ccccc4)c3)c3c(N)ncnc32)C1. The van der Waals surface area contributed by atoms with Crippen molar-refractivity contribution in [3.8, 4) is 16.9 Å². The highest BCUT2D eigenvalue weighted by Crippen LogP contribution is 2.42. The molecule has 2 amide bonds. The number of carbonyl (C=O) groups excluding carboxylic acids is 1. The number of nitrogens with two attached hydrogens (primary N) is 1. The molecule has 1 aliphatic rings. The quantitative estimate of drug-likeness (QED) is 0.351. The number of ether oxygens (including phenoxy) is 1. The Bertz CT molecular complexity index is 1310. The first-order valence-corrected chi connectivity index (χ1v) is 12.0. The molecule has 1 fully saturated rings. The molecule has 0 saturated heterocycles. The zero-order chi connectivity index (χ0) is 24.2. The van der Waals surface area contributed by atoms with E-state index in [1.54, 1.807) is 0 Å². The molecule has 0 atom stereocenters. The third kappa shape index (κ3) is 4.91. The van der Waals surface area contributed by atoms with Gasteiger partial charge in [-0.05, 0) is 48.9 Å². The van der Waals surface area contributed by atoms with Crippen molar-refractivity contribution in [2.24, 2.45) is 5.92 Å². The molecule has 2 heterocycles. The first-order valence-electron chi connectivity index (χ1n) is 12.0. The minimum atomic E-state index is -0.112. The topological polar surface area (TPSA) is 107 Å². The molecule has 4 aromatic rings. The van der Waals surface area contributed by atoms with E-state index < -0.39 is 0 Å². The molecule has 1 saturated carbocycles. The summed E-state index contributed by atoms with van der Waals surface area (Å²) in [6.07, 6.45) is 5.59. The van der Waals surface area contributed by atoms with Crippen molar-refractivity contribution in [1.82, 2.24) is 25.2 Å². The number of nitrogens with one attached hydrogen (secondary N) is 2. The Morgan fingerprint density at radius 3 is 2.74 bits per heavy atom. The summed E-state index contributed by atoms with van der Waals surface area (Å²) in [6.45, 7) is 3.71. The molecule has 1 aliphatic carbocycles. The van der Waals surface area contributed by atoms with Gasteiger partial charge >= 0.3 is 6.03 Å². The normalized spacial score (nSPS) is 17.1. The van der Waals surface area contributed by atoms with E-state index in [-0.39, 0.29) is 6.03 Å². The second-order valence-electron chi connectivity index (χ2n) is 8.94. The van der Waals surface area contributed by atoms with Gasteiger partial charge in [-0.15, -0.1) is 0 Å². The Balaban J connectivity index is 1.36. The highest BCUT2D eigenvalue weighted by atomic mass is 16.5. The number of anilines is 1. The summed E-state index contributed by atoms with van der Waals surface area (Å²) in [4.78, 5) is 20.5. The monoisotopic (exact) mass is 470 g/mol. The van der Waals surface area contributed by atoms with Crippen molar-refractivity contribution < 1.29 is 9.53 Å². The fraction of sp³-hybridized carbons (Fsp3) is 0.296. The average Bonchev–Trinajstić information content (AvgIpc) is 3.23. The number of nitrogens with zero attached hydrogens (tertiary/aromatic N) is 3. The van der Waals surface area contributed by atoms with Crippen LogP contribution in [0.3, 0.4) is 0 Å². The molecule has 180 valence electrons. The molecular formula is C27H30N6O2. The molecule has 0 unspecified atom stereocenters. The molecule has 8 nitrogen and oxygen atoms in total. The molecule has 0 aliphatic heterocycles. The summed E-state index contributed by atoms with van der Waals surface area (Å²) >= 11 is 0. The zero-order valence-corrected chi connectivity index (χ0v) is 19.8. The molecular weight excluding hydrogens is 440 g/mol. The van der Waals surface area contributed by atoms with E-state index in [1.807, 2.05) is 55.5 Å². The van der Waals surface area contributed by atoms with Crippen LogP contribution < -0.4 is 21.1 Å². The van der Waals surface area contributed by atoms with E-state index in [9.17, 15) is 4.79 Å². The van der Waals surface area contributed by atoms with E-state index in [1.165, 1.54) is 6.33 Å². The molecule has 0 spiro atoms.